The van der Waals surface area contributed by atoms with Gasteiger partial charge in [-0.3, -0.25) is 4.90 Å². The van der Waals surface area contributed by atoms with Crippen LogP contribution in [0.3, 0.4) is 0 Å². The van der Waals surface area contributed by atoms with Gasteiger partial charge in [0.2, 0.25) is 0 Å². The molecule has 4 unspecified atom stereocenters. The average molecular weight is 339 g/mol. The molecule has 1 saturated carbocycles. The van der Waals surface area contributed by atoms with Gasteiger partial charge < -0.3 is 0 Å². The van der Waals surface area contributed by atoms with Crippen molar-refractivity contribution in [2.75, 3.05) is 13.1 Å². The molecule has 0 spiro atoms. The molecule has 1 aliphatic heterocycles. The Morgan fingerprint density at radius 3 is 2.40 bits per heavy atom. The van der Waals surface area contributed by atoms with Crippen molar-refractivity contribution in [2.24, 2.45) is 23.7 Å². The van der Waals surface area contributed by atoms with Gasteiger partial charge >= 0.3 is 0 Å². The Hall–Kier alpha value is -1.33. The topological polar surface area (TPSA) is 27.0 Å². The van der Waals surface area contributed by atoms with E-state index >= 15 is 0 Å². The SMILES string of the molecule is CCC1CN(Cc2ccccc2)CC1C1CCCCCCCC1C#N. The second-order valence-electron chi connectivity index (χ2n) is 8.26. The van der Waals surface area contributed by atoms with Gasteiger partial charge in [0.15, 0.2) is 0 Å². The minimum absolute atomic E-state index is 0.286. The molecule has 25 heavy (non-hydrogen) atoms. The minimum atomic E-state index is 0.286. The lowest BCUT2D eigenvalue weighted by Crippen LogP contribution is -2.29. The zero-order chi connectivity index (χ0) is 17.5. The van der Waals surface area contributed by atoms with Gasteiger partial charge in [-0.25, -0.2) is 0 Å². The molecule has 0 amide bonds. The Labute approximate surface area is 154 Å². The fourth-order valence-corrected chi connectivity index (χ4v) is 5.24. The summed E-state index contributed by atoms with van der Waals surface area (Å²) in [7, 11) is 0. The van der Waals surface area contributed by atoms with Crippen LogP contribution in [0, 0.1) is 35.0 Å². The van der Waals surface area contributed by atoms with Gasteiger partial charge in [-0.1, -0.05) is 75.8 Å². The van der Waals surface area contributed by atoms with Crippen LogP contribution in [-0.2, 0) is 6.54 Å². The fraction of sp³-hybridized carbons (Fsp3) is 0.696. The average Bonchev–Trinajstić information content (AvgIpc) is 3.08. The third-order valence-corrected chi connectivity index (χ3v) is 6.63. The van der Waals surface area contributed by atoms with E-state index in [0.717, 1.165) is 24.8 Å². The predicted octanol–water partition coefficient (Wildman–Crippen LogP) is 5.64. The van der Waals surface area contributed by atoms with Gasteiger partial charge in [0.05, 0.1) is 6.07 Å². The van der Waals surface area contributed by atoms with Gasteiger partial charge in [-0.05, 0) is 36.2 Å². The van der Waals surface area contributed by atoms with E-state index in [1.54, 1.807) is 0 Å². The Balaban J connectivity index is 1.70. The molecular weight excluding hydrogens is 304 g/mol. The number of nitriles is 1. The number of likely N-dealkylation sites (tertiary alicyclic amines) is 1. The zero-order valence-electron chi connectivity index (χ0n) is 15.9. The number of hydrogen-bond donors (Lipinski definition) is 0. The van der Waals surface area contributed by atoms with E-state index in [1.807, 2.05) is 0 Å². The molecule has 1 aromatic rings. The predicted molar refractivity (Wildman–Crippen MR) is 104 cm³/mol. The van der Waals surface area contributed by atoms with Crippen LogP contribution in [0.2, 0.25) is 0 Å². The molecule has 2 heteroatoms. The van der Waals surface area contributed by atoms with Crippen LogP contribution in [0.1, 0.15) is 63.9 Å². The summed E-state index contributed by atoms with van der Waals surface area (Å²) >= 11 is 0. The lowest BCUT2D eigenvalue weighted by Gasteiger charge is -2.31. The van der Waals surface area contributed by atoms with Gasteiger partial charge in [0, 0.05) is 25.6 Å². The molecule has 1 saturated heterocycles. The molecule has 2 fully saturated rings. The van der Waals surface area contributed by atoms with Crippen molar-refractivity contribution >= 4 is 0 Å². The summed E-state index contributed by atoms with van der Waals surface area (Å²) < 4.78 is 0. The second kappa shape index (κ2) is 9.39. The smallest absolute Gasteiger partial charge is 0.0658 e. The van der Waals surface area contributed by atoms with E-state index in [1.165, 1.54) is 63.6 Å². The third kappa shape index (κ3) is 4.85. The van der Waals surface area contributed by atoms with E-state index in [9.17, 15) is 5.26 Å². The fourth-order valence-electron chi connectivity index (χ4n) is 5.24. The molecule has 3 rings (SSSR count). The van der Waals surface area contributed by atoms with Gasteiger partial charge in [-0.15, -0.1) is 0 Å². The number of hydrogen-bond acceptors (Lipinski definition) is 2. The quantitative estimate of drug-likeness (QED) is 0.710. The lowest BCUT2D eigenvalue weighted by atomic mass is 9.72. The molecule has 0 N–H and O–H groups in total. The lowest BCUT2D eigenvalue weighted by molar-refractivity contribution is 0.196. The highest BCUT2D eigenvalue weighted by Gasteiger charge is 2.39. The van der Waals surface area contributed by atoms with E-state index in [0.29, 0.717) is 5.92 Å². The molecule has 1 heterocycles. The maximum Gasteiger partial charge on any atom is 0.0658 e. The molecule has 2 aliphatic rings. The summed E-state index contributed by atoms with van der Waals surface area (Å²) in [5.74, 6) is 2.39. The minimum Gasteiger partial charge on any atom is -0.299 e. The molecule has 4 atom stereocenters. The van der Waals surface area contributed by atoms with E-state index in [-0.39, 0.29) is 5.92 Å². The van der Waals surface area contributed by atoms with Crippen LogP contribution in [-0.4, -0.2) is 18.0 Å². The summed E-state index contributed by atoms with van der Waals surface area (Å²) in [4.78, 5) is 2.65. The maximum atomic E-state index is 9.83. The molecular formula is C23H34N2. The van der Waals surface area contributed by atoms with Crippen molar-refractivity contribution in [3.63, 3.8) is 0 Å². The largest absolute Gasteiger partial charge is 0.299 e. The molecule has 1 aromatic carbocycles. The molecule has 1 aliphatic carbocycles. The van der Waals surface area contributed by atoms with E-state index in [2.05, 4.69) is 48.2 Å². The first-order chi connectivity index (χ1) is 12.3. The Bertz CT molecular complexity index is 547. The summed E-state index contributed by atoms with van der Waals surface area (Å²) in [6, 6.07) is 13.6. The molecule has 136 valence electrons. The van der Waals surface area contributed by atoms with Crippen molar-refractivity contribution in [1.82, 2.24) is 4.90 Å². The highest BCUT2D eigenvalue weighted by atomic mass is 15.2. The molecule has 2 nitrogen and oxygen atoms in total. The first kappa shape index (κ1) is 18.5. The second-order valence-corrected chi connectivity index (χ2v) is 8.26. The molecule has 0 bridgehead atoms. The van der Waals surface area contributed by atoms with Crippen LogP contribution in [0.5, 0.6) is 0 Å². The van der Waals surface area contributed by atoms with Crippen LogP contribution in [0.15, 0.2) is 30.3 Å². The number of benzene rings is 1. The first-order valence-corrected chi connectivity index (χ1v) is 10.5. The highest BCUT2D eigenvalue weighted by Crippen LogP contribution is 2.41. The zero-order valence-corrected chi connectivity index (χ0v) is 15.9. The highest BCUT2D eigenvalue weighted by molar-refractivity contribution is 5.15. The monoisotopic (exact) mass is 338 g/mol. The maximum absolute atomic E-state index is 9.83. The van der Waals surface area contributed by atoms with Crippen LogP contribution in [0.25, 0.3) is 0 Å². The first-order valence-electron chi connectivity index (χ1n) is 10.5. The van der Waals surface area contributed by atoms with Crippen molar-refractivity contribution in [1.29, 1.82) is 5.26 Å². The standard InChI is InChI=1S/C23H34N2/c1-2-20-17-25(16-19-11-7-6-8-12-19)18-23(20)22-14-10-5-3-4-9-13-21(22)15-24/h6-8,11-12,20-23H,2-5,9-10,13-14,16-18H2,1H3. The van der Waals surface area contributed by atoms with Crippen LogP contribution < -0.4 is 0 Å². The molecule has 0 aromatic heterocycles. The summed E-state index contributed by atoms with van der Waals surface area (Å²) in [6.45, 7) is 5.82. The van der Waals surface area contributed by atoms with Crippen LogP contribution >= 0.6 is 0 Å². The summed E-state index contributed by atoms with van der Waals surface area (Å²) in [5, 5.41) is 9.83. The van der Waals surface area contributed by atoms with Crippen molar-refractivity contribution in [2.45, 2.75) is 64.8 Å². The third-order valence-electron chi connectivity index (χ3n) is 6.63. The normalized spacial score (nSPS) is 31.7. The Kier molecular flexibility index (Phi) is 6.93. The Morgan fingerprint density at radius 2 is 1.68 bits per heavy atom. The van der Waals surface area contributed by atoms with Gasteiger partial charge in [0.1, 0.15) is 0 Å². The number of nitrogens with zero attached hydrogens (tertiary/aromatic N) is 2. The van der Waals surface area contributed by atoms with Gasteiger partial charge in [0.25, 0.3) is 0 Å². The van der Waals surface area contributed by atoms with Crippen molar-refractivity contribution in [3.05, 3.63) is 35.9 Å². The van der Waals surface area contributed by atoms with E-state index < -0.39 is 0 Å². The van der Waals surface area contributed by atoms with Gasteiger partial charge in [-0.2, -0.15) is 5.26 Å². The molecule has 0 radical (unpaired) electrons. The van der Waals surface area contributed by atoms with Crippen molar-refractivity contribution in [3.8, 4) is 6.07 Å². The summed E-state index contributed by atoms with van der Waals surface area (Å²) in [6.07, 6.45) is 10.3. The van der Waals surface area contributed by atoms with E-state index in [4.69, 9.17) is 0 Å². The van der Waals surface area contributed by atoms with Crippen molar-refractivity contribution < 1.29 is 0 Å². The van der Waals surface area contributed by atoms with Crippen LogP contribution in [0.4, 0.5) is 0 Å². The summed E-state index contributed by atoms with van der Waals surface area (Å²) in [5.41, 5.74) is 1.42. The Morgan fingerprint density at radius 1 is 0.960 bits per heavy atom. The number of rotatable bonds is 4.